The quantitative estimate of drug-likeness (QED) is 0.814. The SMILES string of the molecule is CC(=O)c1cccc(NC(=O)Nc2ccccc2C(F)(F)F)c1. The van der Waals surface area contributed by atoms with Gasteiger partial charge in [-0.05, 0) is 31.2 Å². The van der Waals surface area contributed by atoms with Gasteiger partial charge in [0, 0.05) is 11.3 Å². The molecule has 2 amide bonds. The van der Waals surface area contributed by atoms with Crippen molar-refractivity contribution < 1.29 is 22.8 Å². The van der Waals surface area contributed by atoms with E-state index in [0.717, 1.165) is 12.1 Å². The summed E-state index contributed by atoms with van der Waals surface area (Å²) in [6.45, 7) is 1.37. The highest BCUT2D eigenvalue weighted by Gasteiger charge is 2.33. The van der Waals surface area contributed by atoms with E-state index in [1.165, 1.54) is 31.2 Å². The predicted octanol–water partition coefficient (Wildman–Crippen LogP) is 4.55. The Balaban J connectivity index is 2.15. The number of halogens is 3. The van der Waals surface area contributed by atoms with Crippen LogP contribution in [0.15, 0.2) is 48.5 Å². The van der Waals surface area contributed by atoms with Crippen molar-refractivity contribution in [2.24, 2.45) is 0 Å². The van der Waals surface area contributed by atoms with Gasteiger partial charge in [-0.1, -0.05) is 24.3 Å². The number of urea groups is 1. The lowest BCUT2D eigenvalue weighted by Crippen LogP contribution is -2.22. The maximum absolute atomic E-state index is 12.9. The third kappa shape index (κ3) is 4.32. The molecule has 23 heavy (non-hydrogen) atoms. The van der Waals surface area contributed by atoms with E-state index in [4.69, 9.17) is 0 Å². The second-order valence-corrected chi connectivity index (χ2v) is 4.76. The van der Waals surface area contributed by atoms with Crippen LogP contribution in [0, 0.1) is 0 Å². The number of alkyl halides is 3. The van der Waals surface area contributed by atoms with Gasteiger partial charge in [-0.2, -0.15) is 13.2 Å². The molecule has 0 atom stereocenters. The number of benzene rings is 2. The van der Waals surface area contributed by atoms with E-state index in [2.05, 4.69) is 10.6 Å². The average Bonchev–Trinajstić information content (AvgIpc) is 2.46. The summed E-state index contributed by atoms with van der Waals surface area (Å²) in [7, 11) is 0. The minimum absolute atomic E-state index is 0.184. The molecule has 0 aliphatic rings. The molecule has 0 fully saturated rings. The Labute approximate surface area is 130 Å². The van der Waals surface area contributed by atoms with Crippen LogP contribution in [0.3, 0.4) is 0 Å². The lowest BCUT2D eigenvalue weighted by molar-refractivity contribution is -0.136. The van der Waals surface area contributed by atoms with Crippen LogP contribution in [0.5, 0.6) is 0 Å². The van der Waals surface area contributed by atoms with Crippen molar-refractivity contribution in [3.05, 3.63) is 59.7 Å². The molecule has 7 heteroatoms. The molecular weight excluding hydrogens is 309 g/mol. The molecule has 0 heterocycles. The van der Waals surface area contributed by atoms with E-state index < -0.39 is 17.8 Å². The molecule has 0 spiro atoms. The first-order valence-corrected chi connectivity index (χ1v) is 6.62. The summed E-state index contributed by atoms with van der Waals surface area (Å²) in [5.74, 6) is -0.184. The number of anilines is 2. The lowest BCUT2D eigenvalue weighted by atomic mass is 10.1. The summed E-state index contributed by atoms with van der Waals surface area (Å²) >= 11 is 0. The van der Waals surface area contributed by atoms with Crippen LogP contribution in [0.25, 0.3) is 0 Å². The van der Waals surface area contributed by atoms with Gasteiger partial charge in [-0.25, -0.2) is 4.79 Å². The zero-order valence-electron chi connectivity index (χ0n) is 12.1. The molecule has 0 aromatic heterocycles. The number of carbonyl (C=O) groups is 2. The molecule has 2 aromatic carbocycles. The summed E-state index contributed by atoms with van der Waals surface area (Å²) in [6.07, 6.45) is -4.57. The summed E-state index contributed by atoms with van der Waals surface area (Å²) in [6, 6.07) is 9.95. The normalized spacial score (nSPS) is 11.0. The fourth-order valence-electron chi connectivity index (χ4n) is 1.94. The first-order chi connectivity index (χ1) is 10.8. The van der Waals surface area contributed by atoms with Crippen LogP contribution in [0.1, 0.15) is 22.8 Å². The third-order valence-electron chi connectivity index (χ3n) is 3.01. The first-order valence-electron chi connectivity index (χ1n) is 6.62. The van der Waals surface area contributed by atoms with Crippen LogP contribution in [0.4, 0.5) is 29.3 Å². The molecule has 0 bridgehead atoms. The second-order valence-electron chi connectivity index (χ2n) is 4.76. The van der Waals surface area contributed by atoms with Crippen molar-refractivity contribution in [2.75, 3.05) is 10.6 Å². The molecule has 2 aromatic rings. The van der Waals surface area contributed by atoms with Crippen LogP contribution in [-0.2, 0) is 6.18 Å². The summed E-state index contributed by atoms with van der Waals surface area (Å²) in [4.78, 5) is 23.1. The Morgan fingerprint density at radius 3 is 2.30 bits per heavy atom. The van der Waals surface area contributed by atoms with Gasteiger partial charge in [0.05, 0.1) is 11.3 Å². The van der Waals surface area contributed by atoms with Crippen molar-refractivity contribution in [3.63, 3.8) is 0 Å². The van der Waals surface area contributed by atoms with E-state index in [9.17, 15) is 22.8 Å². The van der Waals surface area contributed by atoms with E-state index in [-0.39, 0.29) is 11.5 Å². The number of carbonyl (C=O) groups excluding carboxylic acids is 2. The zero-order chi connectivity index (χ0) is 17.0. The van der Waals surface area contributed by atoms with Gasteiger partial charge in [-0.15, -0.1) is 0 Å². The van der Waals surface area contributed by atoms with E-state index in [1.54, 1.807) is 12.1 Å². The highest BCUT2D eigenvalue weighted by atomic mass is 19.4. The Kier molecular flexibility index (Phi) is 4.68. The van der Waals surface area contributed by atoms with Crippen molar-refractivity contribution in [1.82, 2.24) is 0 Å². The number of amides is 2. The van der Waals surface area contributed by atoms with Gasteiger partial charge in [-0.3, -0.25) is 4.79 Å². The topological polar surface area (TPSA) is 58.2 Å². The van der Waals surface area contributed by atoms with Gasteiger partial charge in [0.2, 0.25) is 0 Å². The minimum Gasteiger partial charge on any atom is -0.308 e. The first kappa shape index (κ1) is 16.5. The van der Waals surface area contributed by atoms with Gasteiger partial charge in [0.1, 0.15) is 0 Å². The number of nitrogens with one attached hydrogen (secondary N) is 2. The van der Waals surface area contributed by atoms with Crippen molar-refractivity contribution in [1.29, 1.82) is 0 Å². The number of Topliss-reactive ketones (excluding diaryl/α,β-unsaturated/α-hetero) is 1. The molecule has 0 unspecified atom stereocenters. The zero-order valence-corrected chi connectivity index (χ0v) is 12.1. The Morgan fingerprint density at radius 2 is 1.65 bits per heavy atom. The van der Waals surface area contributed by atoms with E-state index in [0.29, 0.717) is 11.3 Å². The molecule has 0 aliphatic carbocycles. The number of para-hydroxylation sites is 1. The molecule has 0 aliphatic heterocycles. The highest BCUT2D eigenvalue weighted by Crippen LogP contribution is 2.34. The third-order valence-corrected chi connectivity index (χ3v) is 3.01. The maximum atomic E-state index is 12.9. The number of ketones is 1. The number of hydrogen-bond donors (Lipinski definition) is 2. The fourth-order valence-corrected chi connectivity index (χ4v) is 1.94. The molecule has 2 rings (SSSR count). The fraction of sp³-hybridized carbons (Fsp3) is 0.125. The molecule has 0 saturated heterocycles. The van der Waals surface area contributed by atoms with E-state index >= 15 is 0 Å². The Hall–Kier alpha value is -2.83. The average molecular weight is 322 g/mol. The molecule has 4 nitrogen and oxygen atoms in total. The van der Waals surface area contributed by atoms with Crippen LogP contribution >= 0.6 is 0 Å². The molecular formula is C16H13F3N2O2. The summed E-state index contributed by atoms with van der Waals surface area (Å²) in [5, 5.41) is 4.55. The highest BCUT2D eigenvalue weighted by molar-refractivity contribution is 6.01. The van der Waals surface area contributed by atoms with Crippen molar-refractivity contribution in [2.45, 2.75) is 13.1 Å². The molecule has 120 valence electrons. The Bertz CT molecular complexity index is 742. The van der Waals surface area contributed by atoms with Gasteiger partial charge < -0.3 is 10.6 Å². The minimum atomic E-state index is -4.57. The van der Waals surface area contributed by atoms with Gasteiger partial charge >= 0.3 is 12.2 Å². The van der Waals surface area contributed by atoms with Crippen LogP contribution in [0.2, 0.25) is 0 Å². The van der Waals surface area contributed by atoms with Crippen molar-refractivity contribution >= 4 is 23.2 Å². The smallest absolute Gasteiger partial charge is 0.308 e. The van der Waals surface area contributed by atoms with Gasteiger partial charge in [0.15, 0.2) is 5.78 Å². The van der Waals surface area contributed by atoms with Crippen molar-refractivity contribution in [3.8, 4) is 0 Å². The predicted molar refractivity (Wildman–Crippen MR) is 80.5 cm³/mol. The second kappa shape index (κ2) is 6.51. The number of rotatable bonds is 3. The van der Waals surface area contributed by atoms with Gasteiger partial charge in [0.25, 0.3) is 0 Å². The summed E-state index contributed by atoms with van der Waals surface area (Å²) in [5.41, 5.74) is -0.592. The monoisotopic (exact) mass is 322 g/mol. The van der Waals surface area contributed by atoms with Crippen LogP contribution < -0.4 is 10.6 Å². The maximum Gasteiger partial charge on any atom is 0.418 e. The molecule has 0 radical (unpaired) electrons. The molecule has 0 saturated carbocycles. The Morgan fingerprint density at radius 1 is 0.957 bits per heavy atom. The molecule has 2 N–H and O–H groups in total. The number of hydrogen-bond acceptors (Lipinski definition) is 2. The van der Waals surface area contributed by atoms with E-state index in [1.807, 2.05) is 0 Å². The lowest BCUT2D eigenvalue weighted by Gasteiger charge is -2.14. The largest absolute Gasteiger partial charge is 0.418 e. The standard InChI is InChI=1S/C16H13F3N2O2/c1-10(22)11-5-4-6-12(9-11)20-15(23)21-14-8-3-2-7-13(14)16(17,18)19/h2-9H,1H3,(H2,20,21,23). The summed E-state index contributed by atoms with van der Waals surface area (Å²) < 4.78 is 38.6. The van der Waals surface area contributed by atoms with Crippen LogP contribution in [-0.4, -0.2) is 11.8 Å².